The summed E-state index contributed by atoms with van der Waals surface area (Å²) in [5, 5.41) is 1.20. The number of benzene rings is 2. The van der Waals surface area contributed by atoms with Crippen LogP contribution >= 0.6 is 23.2 Å². The Morgan fingerprint density at radius 3 is 2.28 bits per heavy atom. The van der Waals surface area contributed by atoms with Gasteiger partial charge in [0, 0.05) is 16.5 Å². The molecule has 0 saturated heterocycles. The van der Waals surface area contributed by atoms with E-state index in [0.29, 0.717) is 21.8 Å². The Kier molecular flexibility index (Phi) is 6.07. The largest absolute Gasteiger partial charge is 0.382 e. The monoisotopic (exact) mass is 425 g/mol. The Hall–Kier alpha value is -2.10. The minimum atomic E-state index is 0.457. The summed E-state index contributed by atoms with van der Waals surface area (Å²) in [6.45, 7) is 2.04. The van der Waals surface area contributed by atoms with Crippen molar-refractivity contribution in [2.45, 2.75) is 51.4 Å². The standard InChI is InChI=1S/C15H15Cl2N3.C9H10/c1-2-12-14(10-6-5-9(16)7-11(10)17)20-13(8-3-4-8)15(18)19-12;1-2-5-9-7-3-6-8(9)4-1/h5-8H,2-4H2,1H3,(H2,18,19);1-2,4-5H,3,6-7H2. The van der Waals surface area contributed by atoms with E-state index in [9.17, 15) is 0 Å². The molecular formula is C24H25Cl2N3. The van der Waals surface area contributed by atoms with Gasteiger partial charge in [0.05, 0.1) is 22.1 Å². The molecule has 0 atom stereocenters. The average molecular weight is 426 g/mol. The number of aryl methyl sites for hydroxylation is 3. The molecule has 0 radical (unpaired) electrons. The highest BCUT2D eigenvalue weighted by atomic mass is 35.5. The minimum Gasteiger partial charge on any atom is -0.382 e. The van der Waals surface area contributed by atoms with Gasteiger partial charge in [-0.05, 0) is 67.9 Å². The van der Waals surface area contributed by atoms with Crippen molar-refractivity contribution >= 4 is 29.0 Å². The molecule has 0 unspecified atom stereocenters. The third kappa shape index (κ3) is 4.57. The van der Waals surface area contributed by atoms with Crippen molar-refractivity contribution in [3.63, 3.8) is 0 Å². The van der Waals surface area contributed by atoms with E-state index < -0.39 is 0 Å². The lowest BCUT2D eigenvalue weighted by Crippen LogP contribution is -2.06. The molecule has 3 nitrogen and oxygen atoms in total. The van der Waals surface area contributed by atoms with Crippen molar-refractivity contribution < 1.29 is 0 Å². The smallest absolute Gasteiger partial charge is 0.145 e. The van der Waals surface area contributed by atoms with E-state index in [0.717, 1.165) is 41.9 Å². The molecule has 2 aliphatic rings. The second-order valence-corrected chi connectivity index (χ2v) is 8.51. The molecule has 0 aliphatic heterocycles. The SMILES string of the molecule is CCc1nc(N)c(C2CC2)nc1-c1ccc(Cl)cc1Cl.c1ccc2c(c1)CCC2. The van der Waals surface area contributed by atoms with Crippen LogP contribution in [0.1, 0.15) is 54.6 Å². The highest BCUT2D eigenvalue weighted by Crippen LogP contribution is 2.42. The molecule has 1 aromatic heterocycles. The van der Waals surface area contributed by atoms with Crippen LogP contribution in [0.3, 0.4) is 0 Å². The fraction of sp³-hybridized carbons (Fsp3) is 0.333. The van der Waals surface area contributed by atoms with Gasteiger partial charge < -0.3 is 5.73 Å². The van der Waals surface area contributed by atoms with Crippen LogP contribution < -0.4 is 5.73 Å². The van der Waals surface area contributed by atoms with Crippen LogP contribution in [-0.2, 0) is 19.3 Å². The fourth-order valence-electron chi connectivity index (χ4n) is 3.81. The lowest BCUT2D eigenvalue weighted by atomic mass is 10.1. The van der Waals surface area contributed by atoms with E-state index in [1.807, 2.05) is 19.1 Å². The molecule has 2 aromatic carbocycles. The summed E-state index contributed by atoms with van der Waals surface area (Å²) in [5.74, 6) is 1.01. The number of anilines is 1. The molecule has 3 aromatic rings. The zero-order valence-corrected chi connectivity index (χ0v) is 18.1. The first-order valence-corrected chi connectivity index (χ1v) is 11.0. The van der Waals surface area contributed by atoms with Gasteiger partial charge in [-0.15, -0.1) is 0 Å². The number of rotatable bonds is 3. The first-order chi connectivity index (χ1) is 14.1. The first kappa shape index (κ1) is 20.2. The Morgan fingerprint density at radius 1 is 1.00 bits per heavy atom. The Bertz CT molecular complexity index is 1010. The molecule has 0 bridgehead atoms. The molecule has 1 saturated carbocycles. The van der Waals surface area contributed by atoms with E-state index in [4.69, 9.17) is 33.9 Å². The van der Waals surface area contributed by atoms with E-state index in [1.165, 1.54) is 19.3 Å². The number of nitrogens with zero attached hydrogens (tertiary/aromatic N) is 2. The molecule has 0 amide bonds. The molecule has 1 heterocycles. The van der Waals surface area contributed by atoms with Crippen LogP contribution in [0.15, 0.2) is 42.5 Å². The second kappa shape index (κ2) is 8.73. The number of hydrogen-bond acceptors (Lipinski definition) is 3. The summed E-state index contributed by atoms with van der Waals surface area (Å²) in [6, 6.07) is 14.2. The van der Waals surface area contributed by atoms with Crippen molar-refractivity contribution in [2.75, 3.05) is 5.73 Å². The number of aromatic nitrogens is 2. The van der Waals surface area contributed by atoms with Gasteiger partial charge >= 0.3 is 0 Å². The quantitative estimate of drug-likeness (QED) is 0.510. The Morgan fingerprint density at radius 2 is 1.69 bits per heavy atom. The van der Waals surface area contributed by atoms with E-state index >= 15 is 0 Å². The van der Waals surface area contributed by atoms with Crippen molar-refractivity contribution in [2.24, 2.45) is 0 Å². The van der Waals surface area contributed by atoms with Gasteiger partial charge in [0.2, 0.25) is 0 Å². The van der Waals surface area contributed by atoms with Gasteiger partial charge in [-0.25, -0.2) is 9.97 Å². The van der Waals surface area contributed by atoms with Crippen LogP contribution in [0.4, 0.5) is 5.82 Å². The van der Waals surface area contributed by atoms with Crippen molar-refractivity contribution in [1.29, 1.82) is 0 Å². The molecule has 2 N–H and O–H groups in total. The Labute approximate surface area is 182 Å². The molecular weight excluding hydrogens is 401 g/mol. The summed E-state index contributed by atoms with van der Waals surface area (Å²) >= 11 is 12.3. The first-order valence-electron chi connectivity index (χ1n) is 10.2. The molecule has 2 aliphatic carbocycles. The summed E-state index contributed by atoms with van der Waals surface area (Å²) in [6.07, 6.45) is 7.00. The van der Waals surface area contributed by atoms with Crippen molar-refractivity contribution in [3.8, 4) is 11.3 Å². The molecule has 5 heteroatoms. The molecule has 5 rings (SSSR count). The van der Waals surface area contributed by atoms with Gasteiger partial charge in [0.25, 0.3) is 0 Å². The van der Waals surface area contributed by atoms with Crippen LogP contribution in [0, 0.1) is 0 Å². The maximum atomic E-state index is 6.30. The predicted molar refractivity (Wildman–Crippen MR) is 122 cm³/mol. The molecule has 29 heavy (non-hydrogen) atoms. The summed E-state index contributed by atoms with van der Waals surface area (Å²) in [5.41, 5.74) is 12.6. The number of nitrogens with two attached hydrogens (primary N) is 1. The van der Waals surface area contributed by atoms with Gasteiger partial charge in [-0.1, -0.05) is 54.4 Å². The van der Waals surface area contributed by atoms with E-state index in [2.05, 4.69) is 29.2 Å². The maximum Gasteiger partial charge on any atom is 0.145 e. The highest BCUT2D eigenvalue weighted by Gasteiger charge is 2.29. The average Bonchev–Trinajstić information content (AvgIpc) is 3.44. The number of hydrogen-bond donors (Lipinski definition) is 1. The second-order valence-electron chi connectivity index (χ2n) is 7.66. The van der Waals surface area contributed by atoms with Crippen molar-refractivity contribution in [1.82, 2.24) is 9.97 Å². The number of halogens is 2. The summed E-state index contributed by atoms with van der Waals surface area (Å²) in [7, 11) is 0. The zero-order valence-electron chi connectivity index (χ0n) is 16.6. The molecule has 0 spiro atoms. The third-order valence-corrected chi connectivity index (χ3v) is 6.07. The normalized spacial score (nSPS) is 14.9. The van der Waals surface area contributed by atoms with Crippen LogP contribution in [-0.4, -0.2) is 9.97 Å². The van der Waals surface area contributed by atoms with E-state index in [-0.39, 0.29) is 0 Å². The number of fused-ring (bicyclic) bond motifs is 1. The topological polar surface area (TPSA) is 51.8 Å². The Balaban J connectivity index is 0.000000188. The lowest BCUT2D eigenvalue weighted by Gasteiger charge is -2.12. The number of nitrogen functional groups attached to an aromatic ring is 1. The lowest BCUT2D eigenvalue weighted by molar-refractivity contribution is 0.912. The third-order valence-electron chi connectivity index (χ3n) is 5.52. The predicted octanol–water partition coefficient (Wildman–Crippen LogP) is 6.65. The van der Waals surface area contributed by atoms with Gasteiger partial charge in [-0.3, -0.25) is 0 Å². The summed E-state index contributed by atoms with van der Waals surface area (Å²) < 4.78 is 0. The van der Waals surface area contributed by atoms with Gasteiger partial charge in [0.15, 0.2) is 0 Å². The van der Waals surface area contributed by atoms with E-state index in [1.54, 1.807) is 17.2 Å². The van der Waals surface area contributed by atoms with Crippen molar-refractivity contribution in [3.05, 3.63) is 75.0 Å². The maximum absolute atomic E-state index is 6.30. The highest BCUT2D eigenvalue weighted by molar-refractivity contribution is 6.36. The van der Waals surface area contributed by atoms with Crippen LogP contribution in [0.25, 0.3) is 11.3 Å². The molecule has 1 fully saturated rings. The molecule has 150 valence electrons. The van der Waals surface area contributed by atoms with Gasteiger partial charge in [0.1, 0.15) is 5.82 Å². The zero-order chi connectivity index (χ0) is 20.4. The fourth-order valence-corrected chi connectivity index (χ4v) is 4.31. The summed E-state index contributed by atoms with van der Waals surface area (Å²) in [4.78, 5) is 9.27. The van der Waals surface area contributed by atoms with Gasteiger partial charge in [-0.2, -0.15) is 0 Å². The van der Waals surface area contributed by atoms with Crippen LogP contribution in [0.5, 0.6) is 0 Å². The van der Waals surface area contributed by atoms with Crippen LogP contribution in [0.2, 0.25) is 10.0 Å². The minimum absolute atomic E-state index is 0.457.